The molecular weight excluding hydrogens is 675 g/mol. The van der Waals surface area contributed by atoms with E-state index in [0.29, 0.717) is 0 Å². The highest BCUT2D eigenvalue weighted by molar-refractivity contribution is 6.26. The standard InChI is InChI=1S/C55H41N/c1-2-38-15-6-3-4-9-18-43(31-25-38)56(44-32-26-40(27-33-44)39-16-7-5-8-17-39)45-34-28-41(29-35-45)42-30-36-47-49-21-12-13-22-51-52-24-14-23-50(55(52)53(47)37-42)46-19-10-11-20-48(46)54(49)51/h2-8,10-11,13-38H,1,9,12H2/b4-3-,15-6-,31-25?,43-18+. The minimum atomic E-state index is 0.140. The largest absolute Gasteiger partial charge is 0.311 e. The normalized spacial score (nSPS) is 18.2. The summed E-state index contributed by atoms with van der Waals surface area (Å²) in [5.41, 5.74) is 21.3. The average Bonchev–Trinajstić information content (AvgIpc) is 3.57. The second-order valence-corrected chi connectivity index (χ2v) is 14.7. The van der Waals surface area contributed by atoms with Crippen LogP contribution in [-0.2, 0) is 0 Å². The number of allylic oxidation sites excluding steroid dienone is 14. The molecule has 0 fully saturated rings. The van der Waals surface area contributed by atoms with E-state index in [1.165, 1.54) is 77.9 Å². The second kappa shape index (κ2) is 14.4. The SMILES string of the molecule is C=CC1C=C/C(N(c2ccc(-c3ccccc3)cc2)c2ccc(-c3ccc4c(c3)-c3c5cccc3-c3ccccc3C3=C5C=CCC=C34)cc2)=C\C/C=C\C=C/1. The monoisotopic (exact) mass is 715 g/mol. The molecule has 1 atom stereocenters. The van der Waals surface area contributed by atoms with Gasteiger partial charge in [0.15, 0.2) is 0 Å². The van der Waals surface area contributed by atoms with Gasteiger partial charge in [-0.3, -0.25) is 0 Å². The molecule has 4 aliphatic rings. The van der Waals surface area contributed by atoms with Crippen LogP contribution >= 0.6 is 0 Å². The van der Waals surface area contributed by atoms with Crippen molar-refractivity contribution in [3.05, 3.63) is 235 Å². The fraction of sp³-hybridized carbons (Fsp3) is 0.0545. The molecule has 0 amide bonds. The summed E-state index contributed by atoms with van der Waals surface area (Å²) in [7, 11) is 0. The van der Waals surface area contributed by atoms with Gasteiger partial charge in [-0.05, 0) is 127 Å². The lowest BCUT2D eigenvalue weighted by atomic mass is 9.80. The van der Waals surface area contributed by atoms with E-state index in [1.54, 1.807) is 0 Å². The van der Waals surface area contributed by atoms with Crippen molar-refractivity contribution in [2.45, 2.75) is 12.8 Å². The third kappa shape index (κ3) is 5.90. The Morgan fingerprint density at radius 3 is 1.95 bits per heavy atom. The highest BCUT2D eigenvalue weighted by atomic mass is 15.1. The minimum absolute atomic E-state index is 0.140. The zero-order chi connectivity index (χ0) is 37.4. The zero-order valence-corrected chi connectivity index (χ0v) is 31.3. The van der Waals surface area contributed by atoms with E-state index in [1.807, 2.05) is 6.08 Å². The minimum Gasteiger partial charge on any atom is -0.311 e. The Morgan fingerprint density at radius 2 is 1.16 bits per heavy atom. The molecule has 0 heterocycles. The summed E-state index contributed by atoms with van der Waals surface area (Å²) < 4.78 is 0. The Bertz CT molecular complexity index is 2730. The molecule has 0 saturated heterocycles. The Kier molecular flexibility index (Phi) is 8.61. The molecule has 4 aliphatic carbocycles. The van der Waals surface area contributed by atoms with Crippen LogP contribution in [0.25, 0.3) is 61.2 Å². The number of fused-ring (bicyclic) bond motifs is 4. The Morgan fingerprint density at radius 1 is 0.500 bits per heavy atom. The predicted octanol–water partition coefficient (Wildman–Crippen LogP) is 14.8. The van der Waals surface area contributed by atoms with Gasteiger partial charge >= 0.3 is 0 Å². The number of hydrogen-bond acceptors (Lipinski definition) is 1. The fourth-order valence-corrected chi connectivity index (χ4v) is 8.74. The van der Waals surface area contributed by atoms with E-state index < -0.39 is 0 Å². The van der Waals surface area contributed by atoms with Gasteiger partial charge < -0.3 is 4.90 Å². The molecule has 0 saturated carbocycles. The van der Waals surface area contributed by atoms with Crippen LogP contribution in [0.5, 0.6) is 0 Å². The van der Waals surface area contributed by atoms with E-state index in [-0.39, 0.29) is 5.92 Å². The van der Waals surface area contributed by atoms with Gasteiger partial charge in [0, 0.05) is 23.0 Å². The molecule has 1 unspecified atom stereocenters. The number of nitrogens with zero attached hydrogens (tertiary/aromatic N) is 1. The topological polar surface area (TPSA) is 3.24 Å². The van der Waals surface area contributed by atoms with Crippen LogP contribution in [0.3, 0.4) is 0 Å². The van der Waals surface area contributed by atoms with E-state index in [4.69, 9.17) is 0 Å². The van der Waals surface area contributed by atoms with Gasteiger partial charge in [0.05, 0.1) is 0 Å². The summed E-state index contributed by atoms with van der Waals surface area (Å²) in [6.07, 6.45) is 26.2. The van der Waals surface area contributed by atoms with E-state index >= 15 is 0 Å². The third-order valence-electron chi connectivity index (χ3n) is 11.5. The molecule has 1 nitrogen and oxygen atoms in total. The van der Waals surface area contributed by atoms with Gasteiger partial charge in [-0.15, -0.1) is 6.58 Å². The predicted molar refractivity (Wildman–Crippen MR) is 239 cm³/mol. The van der Waals surface area contributed by atoms with Crippen molar-refractivity contribution in [3.8, 4) is 44.5 Å². The van der Waals surface area contributed by atoms with Gasteiger partial charge in [0.1, 0.15) is 0 Å². The molecule has 56 heavy (non-hydrogen) atoms. The average molecular weight is 716 g/mol. The van der Waals surface area contributed by atoms with Crippen molar-refractivity contribution in [1.82, 2.24) is 0 Å². The maximum atomic E-state index is 4.09. The molecule has 0 spiro atoms. The first-order valence-corrected chi connectivity index (χ1v) is 19.6. The molecule has 6 aromatic rings. The smallest absolute Gasteiger partial charge is 0.0461 e. The van der Waals surface area contributed by atoms with Crippen molar-refractivity contribution in [1.29, 1.82) is 0 Å². The molecule has 0 aromatic heterocycles. The van der Waals surface area contributed by atoms with Gasteiger partial charge in [-0.2, -0.15) is 0 Å². The summed E-state index contributed by atoms with van der Waals surface area (Å²) >= 11 is 0. The zero-order valence-electron chi connectivity index (χ0n) is 31.3. The highest BCUT2D eigenvalue weighted by Gasteiger charge is 2.32. The maximum absolute atomic E-state index is 4.09. The fourth-order valence-electron chi connectivity index (χ4n) is 8.74. The third-order valence-corrected chi connectivity index (χ3v) is 11.5. The van der Waals surface area contributed by atoms with Gasteiger partial charge in [0.25, 0.3) is 0 Å². The van der Waals surface area contributed by atoms with Gasteiger partial charge in [-0.1, -0.05) is 170 Å². The molecule has 6 aromatic carbocycles. The summed E-state index contributed by atoms with van der Waals surface area (Å²) in [6.45, 7) is 4.09. The van der Waals surface area contributed by atoms with Crippen molar-refractivity contribution in [2.75, 3.05) is 4.90 Å². The number of hydrogen-bond donors (Lipinski definition) is 0. The van der Waals surface area contributed by atoms with Crippen molar-refractivity contribution >= 4 is 28.1 Å². The summed E-state index contributed by atoms with van der Waals surface area (Å²) in [6, 6.07) is 51.5. The lowest BCUT2D eigenvalue weighted by molar-refractivity contribution is 1.06. The molecule has 6 bridgehead atoms. The Hall–Kier alpha value is -6.96. The molecule has 10 rings (SSSR count). The van der Waals surface area contributed by atoms with Gasteiger partial charge in [0.2, 0.25) is 0 Å². The molecule has 0 aliphatic heterocycles. The Balaban J connectivity index is 1.07. The Labute approximate surface area is 330 Å². The quantitative estimate of drug-likeness (QED) is 0.155. The molecule has 0 N–H and O–H groups in total. The first-order chi connectivity index (χ1) is 27.7. The first kappa shape index (κ1) is 33.6. The first-order valence-electron chi connectivity index (χ1n) is 19.6. The number of rotatable bonds is 6. The van der Waals surface area contributed by atoms with Crippen LogP contribution in [-0.4, -0.2) is 0 Å². The van der Waals surface area contributed by atoms with Crippen molar-refractivity contribution < 1.29 is 0 Å². The number of anilines is 2. The van der Waals surface area contributed by atoms with Crippen LogP contribution in [0.2, 0.25) is 0 Å². The number of benzene rings is 6. The van der Waals surface area contributed by atoms with E-state index in [0.717, 1.165) is 29.9 Å². The van der Waals surface area contributed by atoms with Crippen LogP contribution < -0.4 is 4.90 Å². The molecule has 266 valence electrons. The lowest BCUT2D eigenvalue weighted by Crippen LogP contribution is -2.15. The molecule has 0 radical (unpaired) electrons. The van der Waals surface area contributed by atoms with E-state index in [2.05, 4.69) is 212 Å². The highest BCUT2D eigenvalue weighted by Crippen LogP contribution is 2.56. The van der Waals surface area contributed by atoms with Crippen LogP contribution in [0.15, 0.2) is 219 Å². The maximum Gasteiger partial charge on any atom is 0.0461 e. The summed E-state index contributed by atoms with van der Waals surface area (Å²) in [5, 5.41) is 0. The van der Waals surface area contributed by atoms with Crippen molar-refractivity contribution in [3.63, 3.8) is 0 Å². The second-order valence-electron chi connectivity index (χ2n) is 14.7. The molecular formula is C55H41N. The van der Waals surface area contributed by atoms with Gasteiger partial charge in [-0.25, -0.2) is 0 Å². The van der Waals surface area contributed by atoms with E-state index in [9.17, 15) is 0 Å². The summed E-state index contributed by atoms with van der Waals surface area (Å²) in [5.74, 6) is 0.140. The lowest BCUT2D eigenvalue weighted by Gasteiger charge is -2.27. The summed E-state index contributed by atoms with van der Waals surface area (Å²) in [4.78, 5) is 2.37. The molecule has 1 heteroatoms. The van der Waals surface area contributed by atoms with Crippen LogP contribution in [0, 0.1) is 5.92 Å². The van der Waals surface area contributed by atoms with Crippen LogP contribution in [0.4, 0.5) is 11.4 Å². The van der Waals surface area contributed by atoms with Crippen molar-refractivity contribution in [2.24, 2.45) is 5.92 Å². The van der Waals surface area contributed by atoms with Crippen LogP contribution in [0.1, 0.15) is 29.5 Å².